The van der Waals surface area contributed by atoms with E-state index in [1.165, 1.54) is 19.2 Å². The van der Waals surface area contributed by atoms with E-state index in [9.17, 15) is 25.8 Å². The zero-order chi connectivity index (χ0) is 20.9. The first-order chi connectivity index (χ1) is 12.9. The number of fused-ring (bicyclic) bond motifs is 1. The third-order valence-electron chi connectivity index (χ3n) is 3.75. The van der Waals surface area contributed by atoms with Gasteiger partial charge in [-0.25, -0.2) is 27.4 Å². The van der Waals surface area contributed by atoms with Gasteiger partial charge in [0.05, 0.1) is 15.5 Å². The Morgan fingerprint density at radius 1 is 1.21 bits per heavy atom. The molecule has 2 heterocycles. The Morgan fingerprint density at radius 2 is 1.89 bits per heavy atom. The van der Waals surface area contributed by atoms with E-state index in [4.69, 9.17) is 9.20 Å². The molecule has 0 spiro atoms. The number of nitrogens with one attached hydrogen (secondary N) is 1. The number of hydrogen-bond acceptors (Lipinski definition) is 7. The molecule has 7 nitrogen and oxygen atoms in total. The van der Waals surface area contributed by atoms with Crippen molar-refractivity contribution < 1.29 is 30.2 Å². The van der Waals surface area contributed by atoms with E-state index in [0.29, 0.717) is 4.47 Å². The Labute approximate surface area is 166 Å². The fourth-order valence-electron chi connectivity index (χ4n) is 2.29. The smallest absolute Gasteiger partial charge is 0.435 e. The number of alkyl halides is 3. The zero-order valence-electron chi connectivity index (χ0n) is 13.9. The highest BCUT2D eigenvalue weighted by Gasteiger charge is 2.43. The molecule has 0 fully saturated rings. The summed E-state index contributed by atoms with van der Waals surface area (Å²) in [6.45, 7) is 1.44. The van der Waals surface area contributed by atoms with Crippen LogP contribution in [-0.2, 0) is 19.6 Å². The van der Waals surface area contributed by atoms with E-state index < -0.39 is 30.0 Å². The van der Waals surface area contributed by atoms with E-state index in [0.717, 1.165) is 18.2 Å². The minimum atomic E-state index is -5.25. The second-order valence-electron chi connectivity index (χ2n) is 5.55. The Bertz CT molecular complexity index is 1290. The SMILES string of the molecule is CCS(=O)(=O)c1cc(Br)cnc1-c1nc2cc(S(=N)(=O)C(F)(F)F)ccc2o1. The number of hydrogen-bond donors (Lipinski definition) is 1. The van der Waals surface area contributed by atoms with Crippen LogP contribution in [0.5, 0.6) is 0 Å². The van der Waals surface area contributed by atoms with Crippen molar-refractivity contribution in [2.45, 2.75) is 22.2 Å². The molecule has 150 valence electrons. The summed E-state index contributed by atoms with van der Waals surface area (Å²) in [4.78, 5) is 7.07. The molecule has 28 heavy (non-hydrogen) atoms. The predicted molar refractivity (Wildman–Crippen MR) is 97.8 cm³/mol. The molecule has 0 amide bonds. The van der Waals surface area contributed by atoms with Crippen LogP contribution in [-0.4, -0.2) is 33.9 Å². The molecular weight excluding hydrogens is 487 g/mol. The lowest BCUT2D eigenvalue weighted by Crippen LogP contribution is -2.21. The molecule has 0 aliphatic heterocycles. The summed E-state index contributed by atoms with van der Waals surface area (Å²) < 4.78 is 88.1. The molecule has 3 aromatic rings. The minimum Gasteiger partial charge on any atom is -0.435 e. The van der Waals surface area contributed by atoms with Gasteiger partial charge in [0, 0.05) is 10.7 Å². The average molecular weight is 498 g/mol. The number of pyridine rings is 1. The highest BCUT2D eigenvalue weighted by molar-refractivity contribution is 9.10. The van der Waals surface area contributed by atoms with Crippen molar-refractivity contribution in [2.24, 2.45) is 0 Å². The zero-order valence-corrected chi connectivity index (χ0v) is 17.2. The maximum Gasteiger partial charge on any atom is 0.483 e. The minimum absolute atomic E-state index is 0.0284. The summed E-state index contributed by atoms with van der Waals surface area (Å²) in [5, 5.41) is 0. The van der Waals surface area contributed by atoms with Gasteiger partial charge in [-0.05, 0) is 40.2 Å². The van der Waals surface area contributed by atoms with E-state index in [1.54, 1.807) is 0 Å². The van der Waals surface area contributed by atoms with Crippen molar-refractivity contribution in [2.75, 3.05) is 5.75 Å². The van der Waals surface area contributed by atoms with E-state index >= 15 is 0 Å². The van der Waals surface area contributed by atoms with Crippen LogP contribution in [0.1, 0.15) is 6.92 Å². The average Bonchev–Trinajstić information content (AvgIpc) is 3.03. The van der Waals surface area contributed by atoms with Crippen molar-refractivity contribution in [1.82, 2.24) is 9.97 Å². The first-order valence-corrected chi connectivity index (χ1v) is 11.5. The lowest BCUT2D eigenvalue weighted by Gasteiger charge is -2.10. The van der Waals surface area contributed by atoms with Gasteiger partial charge < -0.3 is 4.42 Å². The van der Waals surface area contributed by atoms with Gasteiger partial charge in [-0.2, -0.15) is 13.2 Å². The molecule has 0 saturated heterocycles. The van der Waals surface area contributed by atoms with Crippen LogP contribution >= 0.6 is 15.9 Å². The number of sulfone groups is 1. The van der Waals surface area contributed by atoms with Gasteiger partial charge in [-0.1, -0.05) is 6.92 Å². The molecule has 3 rings (SSSR count). The van der Waals surface area contributed by atoms with Crippen molar-refractivity contribution in [1.29, 1.82) is 4.78 Å². The standard InChI is InChI=1S/C15H11BrF3N3O4S2/c1-2-27(23,24)12-5-8(16)7-21-13(12)14-22-10-6-9(3-4-11(10)26-14)28(20,25)15(17,18)19/h3-7,20H,2H2,1H3. The summed E-state index contributed by atoms with van der Waals surface area (Å²) >= 11 is 3.14. The molecule has 0 aliphatic carbocycles. The molecule has 0 bridgehead atoms. The van der Waals surface area contributed by atoms with Crippen molar-refractivity contribution in [3.8, 4) is 11.6 Å². The Balaban J connectivity index is 2.21. The Hall–Kier alpha value is -1.99. The van der Waals surface area contributed by atoms with Crippen LogP contribution in [0.4, 0.5) is 13.2 Å². The molecule has 2 aromatic heterocycles. The third kappa shape index (κ3) is 3.53. The molecule has 0 saturated carbocycles. The Kier molecular flexibility index (Phi) is 5.04. The van der Waals surface area contributed by atoms with Gasteiger partial charge >= 0.3 is 5.51 Å². The number of halogens is 4. The van der Waals surface area contributed by atoms with Crippen LogP contribution in [0.2, 0.25) is 0 Å². The summed E-state index contributed by atoms with van der Waals surface area (Å²) in [7, 11) is -8.77. The highest BCUT2D eigenvalue weighted by atomic mass is 79.9. The van der Waals surface area contributed by atoms with Gasteiger partial charge in [-0.3, -0.25) is 0 Å². The fourth-order valence-corrected chi connectivity index (χ4v) is 4.63. The molecule has 0 aliphatic rings. The quantitative estimate of drug-likeness (QED) is 0.572. The Morgan fingerprint density at radius 3 is 2.50 bits per heavy atom. The molecular formula is C15H11BrF3N3O4S2. The summed E-state index contributed by atoms with van der Waals surface area (Å²) in [5.74, 6) is -0.440. The molecule has 13 heteroatoms. The van der Waals surface area contributed by atoms with Crippen LogP contribution < -0.4 is 0 Å². The van der Waals surface area contributed by atoms with Crippen molar-refractivity contribution >= 4 is 46.6 Å². The highest BCUT2D eigenvalue weighted by Crippen LogP contribution is 2.34. The second kappa shape index (κ2) is 6.81. The molecule has 1 unspecified atom stereocenters. The number of nitrogens with zero attached hydrogens (tertiary/aromatic N) is 2. The molecule has 1 N–H and O–H groups in total. The summed E-state index contributed by atoms with van der Waals surface area (Å²) in [5.41, 5.74) is -5.43. The van der Waals surface area contributed by atoms with Crippen molar-refractivity contribution in [3.63, 3.8) is 0 Å². The first-order valence-electron chi connectivity index (χ1n) is 7.51. The number of aromatic nitrogens is 2. The monoisotopic (exact) mass is 497 g/mol. The maximum atomic E-state index is 12.9. The predicted octanol–water partition coefficient (Wildman–Crippen LogP) is 4.37. The van der Waals surface area contributed by atoms with Crippen LogP contribution in [0.25, 0.3) is 22.7 Å². The largest absolute Gasteiger partial charge is 0.483 e. The van der Waals surface area contributed by atoms with Gasteiger partial charge in [0.25, 0.3) is 0 Å². The first kappa shape index (κ1) is 20.7. The molecule has 1 aromatic carbocycles. The normalized spacial score (nSPS) is 14.9. The number of benzene rings is 1. The topological polar surface area (TPSA) is 114 Å². The number of rotatable bonds is 4. The molecule has 0 radical (unpaired) electrons. The van der Waals surface area contributed by atoms with Crippen molar-refractivity contribution in [3.05, 3.63) is 34.9 Å². The van der Waals surface area contributed by atoms with E-state index in [2.05, 4.69) is 25.9 Å². The fraction of sp³-hybridized carbons (Fsp3) is 0.200. The van der Waals surface area contributed by atoms with Gasteiger partial charge in [0.15, 0.2) is 25.1 Å². The molecule has 1 atom stereocenters. The maximum absolute atomic E-state index is 12.9. The lowest BCUT2D eigenvalue weighted by molar-refractivity contribution is -0.0406. The second-order valence-corrected chi connectivity index (χ2v) is 10.8. The van der Waals surface area contributed by atoms with Gasteiger partial charge in [0.1, 0.15) is 11.2 Å². The van der Waals surface area contributed by atoms with Crippen LogP contribution in [0.15, 0.2) is 49.1 Å². The van der Waals surface area contributed by atoms with Crippen LogP contribution in [0, 0.1) is 4.78 Å². The summed E-state index contributed by atoms with van der Waals surface area (Å²) in [6.07, 6.45) is 1.32. The van der Waals surface area contributed by atoms with E-state index in [-0.39, 0.29) is 33.3 Å². The lowest BCUT2D eigenvalue weighted by atomic mass is 10.3. The van der Waals surface area contributed by atoms with Gasteiger partial charge in [0.2, 0.25) is 5.89 Å². The van der Waals surface area contributed by atoms with Gasteiger partial charge in [-0.15, -0.1) is 0 Å². The third-order valence-corrected chi connectivity index (χ3v) is 7.50. The summed E-state index contributed by atoms with van der Waals surface area (Å²) in [6, 6.07) is 4.10. The van der Waals surface area contributed by atoms with Crippen LogP contribution in [0.3, 0.4) is 0 Å². The number of oxazole rings is 1. The van der Waals surface area contributed by atoms with E-state index in [1.807, 2.05) is 0 Å².